The maximum Gasteiger partial charge on any atom is 0.0710 e. The molecule has 0 aliphatic carbocycles. The summed E-state index contributed by atoms with van der Waals surface area (Å²) in [4.78, 5) is 2.48. The van der Waals surface area contributed by atoms with Crippen LogP contribution in [0.1, 0.15) is 18.9 Å². The number of hydrogen-bond acceptors (Lipinski definition) is 3. The molecule has 3 nitrogen and oxygen atoms in total. The monoisotopic (exact) mass is 248 g/mol. The lowest BCUT2D eigenvalue weighted by Crippen LogP contribution is -2.37. The molecule has 2 N–H and O–H groups in total. The van der Waals surface area contributed by atoms with Gasteiger partial charge in [-0.3, -0.25) is 0 Å². The molecular weight excluding hydrogens is 224 g/mol. The van der Waals surface area contributed by atoms with Crippen LogP contribution in [-0.4, -0.2) is 32.8 Å². The van der Waals surface area contributed by atoms with Crippen molar-refractivity contribution in [2.24, 2.45) is 11.7 Å². The Morgan fingerprint density at radius 3 is 2.94 bits per heavy atom. The topological polar surface area (TPSA) is 38.5 Å². The summed E-state index contributed by atoms with van der Waals surface area (Å²) in [6.45, 7) is 5.08. The normalized spacial score (nSPS) is 20.6. The molecule has 0 fully saturated rings. The van der Waals surface area contributed by atoms with Gasteiger partial charge in [0.15, 0.2) is 0 Å². The van der Waals surface area contributed by atoms with Crippen molar-refractivity contribution in [1.82, 2.24) is 0 Å². The molecule has 0 bridgehead atoms. The lowest BCUT2D eigenvalue weighted by Gasteiger charge is -2.35. The second kappa shape index (κ2) is 6.21. The van der Waals surface area contributed by atoms with Gasteiger partial charge < -0.3 is 15.4 Å². The molecule has 1 aromatic carbocycles. The third-order valence-corrected chi connectivity index (χ3v) is 3.75. The molecule has 2 atom stereocenters. The first kappa shape index (κ1) is 13.4. The largest absolute Gasteiger partial charge is 0.380 e. The van der Waals surface area contributed by atoms with E-state index in [0.29, 0.717) is 6.54 Å². The maximum atomic E-state index is 5.68. The van der Waals surface area contributed by atoms with E-state index in [2.05, 4.69) is 36.1 Å². The summed E-state index contributed by atoms with van der Waals surface area (Å²) in [6, 6.07) is 8.73. The van der Waals surface area contributed by atoms with Gasteiger partial charge in [0.25, 0.3) is 0 Å². The average Bonchev–Trinajstić information content (AvgIpc) is 2.39. The van der Waals surface area contributed by atoms with E-state index in [9.17, 15) is 0 Å². The van der Waals surface area contributed by atoms with E-state index in [1.807, 2.05) is 0 Å². The molecule has 2 unspecified atom stereocenters. The number of para-hydroxylation sites is 1. The van der Waals surface area contributed by atoms with E-state index < -0.39 is 0 Å². The van der Waals surface area contributed by atoms with Crippen molar-refractivity contribution >= 4 is 5.69 Å². The second-order valence-electron chi connectivity index (χ2n) is 5.27. The third kappa shape index (κ3) is 3.03. The Bertz CT molecular complexity index is 377. The zero-order valence-electron chi connectivity index (χ0n) is 11.4. The van der Waals surface area contributed by atoms with E-state index in [-0.39, 0.29) is 6.10 Å². The van der Waals surface area contributed by atoms with Crippen molar-refractivity contribution in [2.75, 3.05) is 31.6 Å². The van der Waals surface area contributed by atoms with Crippen LogP contribution in [0, 0.1) is 5.92 Å². The summed E-state index contributed by atoms with van der Waals surface area (Å²) in [7, 11) is 1.74. The van der Waals surface area contributed by atoms with Gasteiger partial charge in [0.2, 0.25) is 0 Å². The number of ether oxygens (including phenoxy) is 1. The third-order valence-electron chi connectivity index (χ3n) is 3.75. The Balaban J connectivity index is 2.04. The fourth-order valence-corrected chi connectivity index (χ4v) is 2.75. The van der Waals surface area contributed by atoms with Gasteiger partial charge in [0, 0.05) is 32.4 Å². The number of fused-ring (bicyclic) bond motifs is 1. The molecule has 0 saturated carbocycles. The summed E-state index contributed by atoms with van der Waals surface area (Å²) in [5, 5.41) is 0. The van der Waals surface area contributed by atoms with E-state index >= 15 is 0 Å². The van der Waals surface area contributed by atoms with Crippen LogP contribution in [0.2, 0.25) is 0 Å². The van der Waals surface area contributed by atoms with Crippen LogP contribution in [0.15, 0.2) is 24.3 Å². The lowest BCUT2D eigenvalue weighted by atomic mass is 9.93. The maximum absolute atomic E-state index is 5.68. The van der Waals surface area contributed by atoms with Crippen molar-refractivity contribution in [3.05, 3.63) is 29.8 Å². The first-order chi connectivity index (χ1) is 8.74. The van der Waals surface area contributed by atoms with Gasteiger partial charge in [-0.05, 0) is 30.4 Å². The predicted molar refractivity (Wildman–Crippen MR) is 76.0 cm³/mol. The van der Waals surface area contributed by atoms with Crippen molar-refractivity contribution in [3.63, 3.8) is 0 Å². The van der Waals surface area contributed by atoms with Gasteiger partial charge in [-0.15, -0.1) is 0 Å². The Morgan fingerprint density at radius 2 is 2.22 bits per heavy atom. The number of rotatable bonds is 5. The Hall–Kier alpha value is -1.06. The molecule has 1 aliphatic rings. The fraction of sp³-hybridized carbons (Fsp3) is 0.600. The van der Waals surface area contributed by atoms with Crippen LogP contribution in [0.25, 0.3) is 0 Å². The lowest BCUT2D eigenvalue weighted by molar-refractivity contribution is 0.103. The summed E-state index contributed by atoms with van der Waals surface area (Å²) < 4.78 is 5.35. The highest BCUT2D eigenvalue weighted by Crippen LogP contribution is 2.29. The second-order valence-corrected chi connectivity index (χ2v) is 5.27. The summed E-state index contributed by atoms with van der Waals surface area (Å²) >= 11 is 0. The number of anilines is 1. The average molecular weight is 248 g/mol. The number of hydrogen-bond donors (Lipinski definition) is 1. The number of methoxy groups -OCH3 is 1. The van der Waals surface area contributed by atoms with Gasteiger partial charge in [-0.1, -0.05) is 25.1 Å². The molecule has 100 valence electrons. The van der Waals surface area contributed by atoms with Crippen LogP contribution in [0.5, 0.6) is 0 Å². The zero-order valence-corrected chi connectivity index (χ0v) is 11.4. The Morgan fingerprint density at radius 1 is 1.44 bits per heavy atom. The van der Waals surface area contributed by atoms with Crippen molar-refractivity contribution in [1.29, 1.82) is 0 Å². The molecule has 2 rings (SSSR count). The van der Waals surface area contributed by atoms with Gasteiger partial charge in [0.05, 0.1) is 6.10 Å². The number of benzene rings is 1. The van der Waals surface area contributed by atoms with Gasteiger partial charge in [-0.25, -0.2) is 0 Å². The summed E-state index contributed by atoms with van der Waals surface area (Å²) in [5.41, 5.74) is 8.54. The molecule has 0 aromatic heterocycles. The molecule has 0 amide bonds. The van der Waals surface area contributed by atoms with Crippen molar-refractivity contribution in [3.8, 4) is 0 Å². The molecule has 3 heteroatoms. The molecule has 0 radical (unpaired) electrons. The molecule has 18 heavy (non-hydrogen) atoms. The highest BCUT2D eigenvalue weighted by atomic mass is 16.5. The minimum absolute atomic E-state index is 0.175. The molecule has 0 saturated heterocycles. The quantitative estimate of drug-likeness (QED) is 0.866. The van der Waals surface area contributed by atoms with Gasteiger partial charge in [0.1, 0.15) is 0 Å². The molecular formula is C15H24N2O. The standard InChI is InChI=1S/C15H24N2O/c1-12-9-13-5-3-4-6-15(13)17(11-12)8-7-14(10-16)18-2/h3-6,12,14H,7-11,16H2,1-2H3. The van der Waals surface area contributed by atoms with Crippen molar-refractivity contribution in [2.45, 2.75) is 25.9 Å². The Labute approximate surface area is 110 Å². The van der Waals surface area contributed by atoms with Crippen LogP contribution >= 0.6 is 0 Å². The smallest absolute Gasteiger partial charge is 0.0710 e. The van der Waals surface area contributed by atoms with E-state index in [4.69, 9.17) is 10.5 Å². The van der Waals surface area contributed by atoms with Gasteiger partial charge >= 0.3 is 0 Å². The van der Waals surface area contributed by atoms with Crippen LogP contribution in [0.4, 0.5) is 5.69 Å². The fourth-order valence-electron chi connectivity index (χ4n) is 2.75. The van der Waals surface area contributed by atoms with Gasteiger partial charge in [-0.2, -0.15) is 0 Å². The minimum Gasteiger partial charge on any atom is -0.380 e. The molecule has 1 heterocycles. The molecule has 0 spiro atoms. The number of nitrogens with two attached hydrogens (primary N) is 1. The van der Waals surface area contributed by atoms with Crippen molar-refractivity contribution < 1.29 is 4.74 Å². The van der Waals surface area contributed by atoms with E-state index in [1.165, 1.54) is 17.7 Å². The van der Waals surface area contributed by atoms with E-state index in [1.54, 1.807) is 7.11 Å². The van der Waals surface area contributed by atoms with Crippen LogP contribution in [0.3, 0.4) is 0 Å². The number of nitrogens with zero attached hydrogens (tertiary/aromatic N) is 1. The summed E-state index contributed by atoms with van der Waals surface area (Å²) in [5.74, 6) is 0.721. The minimum atomic E-state index is 0.175. The Kier molecular flexibility index (Phi) is 4.61. The van der Waals surface area contributed by atoms with Crippen LogP contribution in [-0.2, 0) is 11.2 Å². The summed E-state index contributed by atoms with van der Waals surface area (Å²) in [6.07, 6.45) is 2.36. The SMILES string of the molecule is COC(CN)CCN1CC(C)Cc2ccccc21. The van der Waals surface area contributed by atoms with Crippen LogP contribution < -0.4 is 10.6 Å². The highest BCUT2D eigenvalue weighted by Gasteiger charge is 2.21. The van der Waals surface area contributed by atoms with E-state index in [0.717, 1.165) is 25.4 Å². The zero-order chi connectivity index (χ0) is 13.0. The first-order valence-corrected chi connectivity index (χ1v) is 6.80. The first-order valence-electron chi connectivity index (χ1n) is 6.80. The molecule has 1 aromatic rings. The predicted octanol–water partition coefficient (Wildman–Crippen LogP) is 2.05. The highest BCUT2D eigenvalue weighted by molar-refractivity contribution is 5.55. The molecule has 1 aliphatic heterocycles.